The fourth-order valence-electron chi connectivity index (χ4n) is 2.35. The average molecular weight is 262 g/mol. The Morgan fingerprint density at radius 3 is 2.68 bits per heavy atom. The molecule has 0 aliphatic carbocycles. The van der Waals surface area contributed by atoms with Crippen LogP contribution in [0.3, 0.4) is 0 Å². The summed E-state index contributed by atoms with van der Waals surface area (Å²) in [4.78, 5) is 2.43. The topological polar surface area (TPSA) is 24.5 Å². The highest BCUT2D eigenvalue weighted by atomic mass is 16.5. The van der Waals surface area contributed by atoms with Crippen LogP contribution in [0.25, 0.3) is 0 Å². The van der Waals surface area contributed by atoms with Crippen molar-refractivity contribution in [3.63, 3.8) is 0 Å². The first-order chi connectivity index (χ1) is 9.19. The summed E-state index contributed by atoms with van der Waals surface area (Å²) in [5.41, 5.74) is 2.66. The third-order valence-electron chi connectivity index (χ3n) is 3.61. The van der Waals surface area contributed by atoms with Gasteiger partial charge in [-0.25, -0.2) is 0 Å². The van der Waals surface area contributed by atoms with Crippen molar-refractivity contribution in [3.05, 3.63) is 29.8 Å². The monoisotopic (exact) mass is 262 g/mol. The maximum Gasteiger partial charge on any atom is 0.0748 e. The van der Waals surface area contributed by atoms with Gasteiger partial charge in [-0.15, -0.1) is 0 Å². The molecule has 0 amide bonds. The Morgan fingerprint density at radius 1 is 1.32 bits per heavy atom. The van der Waals surface area contributed by atoms with Gasteiger partial charge in [-0.3, -0.25) is 0 Å². The fourth-order valence-corrected chi connectivity index (χ4v) is 2.35. The van der Waals surface area contributed by atoms with Crippen LogP contribution in [0.2, 0.25) is 0 Å². The third-order valence-corrected chi connectivity index (χ3v) is 3.61. The van der Waals surface area contributed by atoms with Crippen molar-refractivity contribution < 1.29 is 4.74 Å². The standard InChI is InChI=1S/C16H26N2O/c1-4-16-12-18(9-10-19-16)15-7-5-14(6-8-15)11-17-13(2)3/h5-8,13,16-17H,4,9-12H2,1-3H3. The summed E-state index contributed by atoms with van der Waals surface area (Å²) in [7, 11) is 0. The molecule has 1 atom stereocenters. The quantitative estimate of drug-likeness (QED) is 0.883. The fraction of sp³-hybridized carbons (Fsp3) is 0.625. The molecule has 1 unspecified atom stereocenters. The van der Waals surface area contributed by atoms with Gasteiger partial charge in [0.25, 0.3) is 0 Å². The van der Waals surface area contributed by atoms with E-state index in [2.05, 4.69) is 55.3 Å². The molecule has 3 nitrogen and oxygen atoms in total. The van der Waals surface area contributed by atoms with Crippen LogP contribution in [0.4, 0.5) is 5.69 Å². The number of rotatable bonds is 5. The minimum absolute atomic E-state index is 0.385. The number of ether oxygens (including phenoxy) is 1. The number of hydrogen-bond donors (Lipinski definition) is 1. The van der Waals surface area contributed by atoms with Gasteiger partial charge >= 0.3 is 0 Å². The predicted octanol–water partition coefficient (Wildman–Crippen LogP) is 2.80. The molecule has 1 fully saturated rings. The molecule has 1 N–H and O–H groups in total. The average Bonchev–Trinajstić information content (AvgIpc) is 2.45. The lowest BCUT2D eigenvalue weighted by molar-refractivity contribution is 0.0384. The predicted molar refractivity (Wildman–Crippen MR) is 80.7 cm³/mol. The van der Waals surface area contributed by atoms with Gasteiger partial charge in [0.2, 0.25) is 0 Å². The van der Waals surface area contributed by atoms with Crippen LogP contribution >= 0.6 is 0 Å². The van der Waals surface area contributed by atoms with E-state index in [1.165, 1.54) is 11.3 Å². The van der Waals surface area contributed by atoms with Gasteiger partial charge < -0.3 is 15.0 Å². The van der Waals surface area contributed by atoms with Crippen LogP contribution in [0.15, 0.2) is 24.3 Å². The summed E-state index contributed by atoms with van der Waals surface area (Å²) in [6.45, 7) is 10.3. The molecule has 0 spiro atoms. The number of anilines is 1. The van der Waals surface area contributed by atoms with E-state index in [0.717, 1.165) is 32.7 Å². The second kappa shape index (κ2) is 6.92. The van der Waals surface area contributed by atoms with Crippen LogP contribution in [0, 0.1) is 0 Å². The van der Waals surface area contributed by atoms with E-state index in [9.17, 15) is 0 Å². The molecule has 0 bridgehead atoms. The van der Waals surface area contributed by atoms with E-state index in [0.29, 0.717) is 12.1 Å². The maximum atomic E-state index is 5.72. The molecule has 1 saturated heterocycles. The molecule has 1 heterocycles. The van der Waals surface area contributed by atoms with Crippen molar-refractivity contribution in [1.29, 1.82) is 0 Å². The molecular formula is C16H26N2O. The molecule has 1 aromatic rings. The first kappa shape index (κ1) is 14.4. The lowest BCUT2D eigenvalue weighted by Crippen LogP contribution is -2.42. The number of nitrogens with zero attached hydrogens (tertiary/aromatic N) is 1. The van der Waals surface area contributed by atoms with Crippen molar-refractivity contribution in [1.82, 2.24) is 5.32 Å². The summed E-state index contributed by atoms with van der Waals surface area (Å²) in [6, 6.07) is 9.44. The highest BCUT2D eigenvalue weighted by Crippen LogP contribution is 2.19. The third kappa shape index (κ3) is 4.22. The van der Waals surface area contributed by atoms with E-state index in [1.807, 2.05) is 0 Å². The van der Waals surface area contributed by atoms with E-state index in [-0.39, 0.29) is 0 Å². The van der Waals surface area contributed by atoms with Crippen LogP contribution in [0.5, 0.6) is 0 Å². The minimum atomic E-state index is 0.385. The van der Waals surface area contributed by atoms with Gasteiger partial charge in [0.1, 0.15) is 0 Å². The van der Waals surface area contributed by atoms with Crippen molar-refractivity contribution in [2.45, 2.75) is 45.9 Å². The zero-order valence-electron chi connectivity index (χ0n) is 12.4. The first-order valence-corrected chi connectivity index (χ1v) is 7.38. The van der Waals surface area contributed by atoms with Crippen molar-refractivity contribution in [3.8, 4) is 0 Å². The molecular weight excluding hydrogens is 236 g/mol. The van der Waals surface area contributed by atoms with Crippen LogP contribution in [-0.4, -0.2) is 31.8 Å². The summed E-state index contributed by atoms with van der Waals surface area (Å²) in [6.07, 6.45) is 1.48. The normalized spacial score (nSPS) is 20.0. The molecule has 0 saturated carbocycles. The molecule has 106 valence electrons. The van der Waals surface area contributed by atoms with Gasteiger partial charge in [-0.05, 0) is 24.1 Å². The van der Waals surface area contributed by atoms with Gasteiger partial charge in [0, 0.05) is 31.4 Å². The Kier molecular flexibility index (Phi) is 5.23. The first-order valence-electron chi connectivity index (χ1n) is 7.38. The second-order valence-electron chi connectivity index (χ2n) is 5.55. The number of morpholine rings is 1. The van der Waals surface area contributed by atoms with E-state index in [4.69, 9.17) is 4.74 Å². The van der Waals surface area contributed by atoms with Crippen molar-refractivity contribution >= 4 is 5.69 Å². The Balaban J connectivity index is 1.93. The molecule has 0 radical (unpaired) electrons. The summed E-state index contributed by atoms with van der Waals surface area (Å²) in [5.74, 6) is 0. The Morgan fingerprint density at radius 2 is 2.05 bits per heavy atom. The maximum absolute atomic E-state index is 5.72. The van der Waals surface area contributed by atoms with Crippen LogP contribution in [-0.2, 0) is 11.3 Å². The van der Waals surface area contributed by atoms with Crippen LogP contribution in [0.1, 0.15) is 32.8 Å². The van der Waals surface area contributed by atoms with E-state index in [1.54, 1.807) is 0 Å². The van der Waals surface area contributed by atoms with E-state index < -0.39 is 0 Å². The number of hydrogen-bond acceptors (Lipinski definition) is 3. The van der Waals surface area contributed by atoms with Crippen LogP contribution < -0.4 is 10.2 Å². The zero-order valence-corrected chi connectivity index (χ0v) is 12.4. The molecule has 0 aromatic heterocycles. The lowest BCUT2D eigenvalue weighted by atomic mass is 10.1. The molecule has 19 heavy (non-hydrogen) atoms. The van der Waals surface area contributed by atoms with Gasteiger partial charge in [0.15, 0.2) is 0 Å². The van der Waals surface area contributed by atoms with Gasteiger partial charge in [-0.1, -0.05) is 32.9 Å². The molecule has 1 aromatic carbocycles. The number of benzene rings is 1. The Hall–Kier alpha value is -1.06. The lowest BCUT2D eigenvalue weighted by Gasteiger charge is -2.34. The zero-order chi connectivity index (χ0) is 13.7. The smallest absolute Gasteiger partial charge is 0.0748 e. The summed E-state index contributed by atoms with van der Waals surface area (Å²) in [5, 5.41) is 3.44. The van der Waals surface area contributed by atoms with Gasteiger partial charge in [0.05, 0.1) is 12.7 Å². The highest BCUT2D eigenvalue weighted by Gasteiger charge is 2.18. The summed E-state index contributed by atoms with van der Waals surface area (Å²) >= 11 is 0. The minimum Gasteiger partial charge on any atom is -0.375 e. The molecule has 1 aliphatic heterocycles. The van der Waals surface area contributed by atoms with Crippen molar-refractivity contribution in [2.24, 2.45) is 0 Å². The van der Waals surface area contributed by atoms with E-state index >= 15 is 0 Å². The molecule has 3 heteroatoms. The van der Waals surface area contributed by atoms with Gasteiger partial charge in [-0.2, -0.15) is 0 Å². The molecule has 1 aliphatic rings. The Bertz CT molecular complexity index is 375. The SMILES string of the molecule is CCC1CN(c2ccc(CNC(C)C)cc2)CCO1. The highest BCUT2D eigenvalue weighted by molar-refractivity contribution is 5.48. The second-order valence-corrected chi connectivity index (χ2v) is 5.55. The molecule has 2 rings (SSSR count). The summed E-state index contributed by atoms with van der Waals surface area (Å²) < 4.78 is 5.72. The Labute approximate surface area is 116 Å². The number of nitrogens with one attached hydrogen (secondary N) is 1. The van der Waals surface area contributed by atoms with Crippen molar-refractivity contribution in [2.75, 3.05) is 24.6 Å². The largest absolute Gasteiger partial charge is 0.375 e.